The van der Waals surface area contributed by atoms with Gasteiger partial charge in [-0.3, -0.25) is 5.43 Å². The van der Waals surface area contributed by atoms with E-state index in [1.165, 1.54) is 11.3 Å². The number of nitrogens with zero attached hydrogens (tertiary/aromatic N) is 2. The first kappa shape index (κ1) is 18.7. The van der Waals surface area contributed by atoms with Gasteiger partial charge in [0.05, 0.1) is 17.5 Å². The molecular weight excluding hydrogens is 462 g/mol. The van der Waals surface area contributed by atoms with Crippen LogP contribution in [-0.2, 0) is 0 Å². The van der Waals surface area contributed by atoms with Gasteiger partial charge in [0.25, 0.3) is 0 Å². The summed E-state index contributed by atoms with van der Waals surface area (Å²) in [6.07, 6.45) is 1.71. The fourth-order valence-electron chi connectivity index (χ4n) is 3.21. The minimum absolute atomic E-state index is 0.409. The highest BCUT2D eigenvalue weighted by molar-refractivity contribution is 9.10. The van der Waals surface area contributed by atoms with Crippen LogP contribution in [-0.4, -0.2) is 11.2 Å². The van der Waals surface area contributed by atoms with Crippen LogP contribution in [0.2, 0.25) is 0 Å². The molecule has 146 valence electrons. The van der Waals surface area contributed by atoms with Crippen molar-refractivity contribution in [1.82, 2.24) is 4.98 Å². The van der Waals surface area contributed by atoms with Crippen molar-refractivity contribution in [2.45, 2.75) is 0 Å². The molecule has 0 aliphatic carbocycles. The molecule has 5 nitrogen and oxygen atoms in total. The van der Waals surface area contributed by atoms with E-state index in [4.69, 9.17) is 4.42 Å². The average molecular weight is 476 g/mol. The molecule has 2 heterocycles. The summed E-state index contributed by atoms with van der Waals surface area (Å²) in [4.78, 5) is 17.0. The van der Waals surface area contributed by atoms with Crippen molar-refractivity contribution in [2.24, 2.45) is 5.10 Å². The van der Waals surface area contributed by atoms with E-state index in [0.717, 1.165) is 26.2 Å². The highest BCUT2D eigenvalue weighted by Gasteiger charge is 2.13. The number of thiazole rings is 1. The summed E-state index contributed by atoms with van der Waals surface area (Å²) < 4.78 is 6.58. The third kappa shape index (κ3) is 3.65. The number of rotatable bonds is 4. The fraction of sp³-hybridized carbons (Fsp3) is 0. The lowest BCUT2D eigenvalue weighted by atomic mass is 10.0. The van der Waals surface area contributed by atoms with Gasteiger partial charge in [0, 0.05) is 15.2 Å². The van der Waals surface area contributed by atoms with Gasteiger partial charge in [0.2, 0.25) is 5.13 Å². The van der Waals surface area contributed by atoms with Crippen LogP contribution in [0.25, 0.3) is 33.0 Å². The molecule has 0 saturated heterocycles. The van der Waals surface area contributed by atoms with Crippen LogP contribution in [0.4, 0.5) is 5.13 Å². The maximum atomic E-state index is 12.5. The van der Waals surface area contributed by atoms with Crippen molar-refractivity contribution in [3.05, 3.63) is 92.6 Å². The molecule has 30 heavy (non-hydrogen) atoms. The SMILES string of the molecule is O=c1oc2ccc3ccccc3c2cc1-c1csc(N/N=C\c2ccc(Br)cc2)n1. The number of aromatic nitrogens is 1. The van der Waals surface area contributed by atoms with Crippen molar-refractivity contribution in [3.63, 3.8) is 0 Å². The molecule has 0 spiro atoms. The zero-order valence-corrected chi connectivity index (χ0v) is 17.9. The first-order chi connectivity index (χ1) is 14.7. The van der Waals surface area contributed by atoms with Gasteiger partial charge in [-0.05, 0) is 40.6 Å². The van der Waals surface area contributed by atoms with Crippen molar-refractivity contribution in [1.29, 1.82) is 0 Å². The molecule has 1 N–H and O–H groups in total. The quantitative estimate of drug-likeness (QED) is 0.144. The molecule has 5 rings (SSSR count). The molecule has 0 unspecified atom stereocenters. The molecule has 0 radical (unpaired) electrons. The first-order valence-electron chi connectivity index (χ1n) is 9.13. The number of hydrazone groups is 1. The lowest BCUT2D eigenvalue weighted by molar-refractivity contribution is 0.563. The van der Waals surface area contributed by atoms with Crippen LogP contribution in [0.3, 0.4) is 0 Å². The van der Waals surface area contributed by atoms with Crippen LogP contribution in [0.15, 0.2) is 90.9 Å². The van der Waals surface area contributed by atoms with Crippen LogP contribution < -0.4 is 11.1 Å². The van der Waals surface area contributed by atoms with Gasteiger partial charge in [-0.1, -0.05) is 58.4 Å². The Morgan fingerprint density at radius 1 is 1.03 bits per heavy atom. The number of nitrogens with one attached hydrogen (secondary N) is 1. The molecule has 7 heteroatoms. The monoisotopic (exact) mass is 475 g/mol. The second kappa shape index (κ2) is 7.85. The van der Waals surface area contributed by atoms with Crippen molar-refractivity contribution >= 4 is 60.4 Å². The Bertz CT molecular complexity index is 1460. The molecule has 0 bridgehead atoms. The summed E-state index contributed by atoms with van der Waals surface area (Å²) >= 11 is 4.78. The van der Waals surface area contributed by atoms with Gasteiger partial charge in [-0.25, -0.2) is 9.78 Å². The van der Waals surface area contributed by atoms with E-state index < -0.39 is 5.63 Å². The lowest BCUT2D eigenvalue weighted by Gasteiger charge is -2.04. The van der Waals surface area contributed by atoms with Gasteiger partial charge in [0.1, 0.15) is 5.58 Å². The minimum atomic E-state index is -0.409. The average Bonchev–Trinajstić information content (AvgIpc) is 3.23. The van der Waals surface area contributed by atoms with Gasteiger partial charge in [0.15, 0.2) is 0 Å². The zero-order valence-electron chi connectivity index (χ0n) is 15.5. The van der Waals surface area contributed by atoms with E-state index in [9.17, 15) is 4.79 Å². The molecule has 0 aliphatic rings. The molecule has 2 aromatic heterocycles. The van der Waals surface area contributed by atoms with Crippen LogP contribution in [0, 0.1) is 0 Å². The van der Waals surface area contributed by atoms with Gasteiger partial charge in [-0.2, -0.15) is 5.10 Å². The van der Waals surface area contributed by atoms with E-state index in [1.807, 2.05) is 72.1 Å². The van der Waals surface area contributed by atoms with Crippen molar-refractivity contribution in [2.75, 3.05) is 5.43 Å². The molecule has 0 saturated carbocycles. The largest absolute Gasteiger partial charge is 0.422 e. The normalized spacial score (nSPS) is 11.5. The maximum Gasteiger partial charge on any atom is 0.345 e. The second-order valence-electron chi connectivity index (χ2n) is 6.61. The second-order valence-corrected chi connectivity index (χ2v) is 8.38. The topological polar surface area (TPSA) is 67.5 Å². The Morgan fingerprint density at radius 3 is 2.73 bits per heavy atom. The van der Waals surface area contributed by atoms with Crippen LogP contribution >= 0.6 is 27.3 Å². The summed E-state index contributed by atoms with van der Waals surface area (Å²) in [6, 6.07) is 21.5. The van der Waals surface area contributed by atoms with E-state index in [1.54, 1.807) is 6.21 Å². The van der Waals surface area contributed by atoms with Crippen LogP contribution in [0.1, 0.15) is 5.56 Å². The van der Waals surface area contributed by atoms with E-state index in [0.29, 0.717) is 22.0 Å². The molecule has 0 atom stereocenters. The summed E-state index contributed by atoms with van der Waals surface area (Å²) in [7, 11) is 0. The number of benzene rings is 3. The lowest BCUT2D eigenvalue weighted by Crippen LogP contribution is -2.03. The Labute approximate surface area is 183 Å². The number of anilines is 1. The molecule has 0 amide bonds. The molecule has 0 aliphatic heterocycles. The summed E-state index contributed by atoms with van der Waals surface area (Å²) in [5.74, 6) is 0. The zero-order chi connectivity index (χ0) is 20.5. The summed E-state index contributed by atoms with van der Waals surface area (Å²) in [6.45, 7) is 0. The van der Waals surface area contributed by atoms with E-state index >= 15 is 0 Å². The Morgan fingerprint density at radius 2 is 1.87 bits per heavy atom. The Kier molecular flexibility index (Phi) is 4.90. The van der Waals surface area contributed by atoms with E-state index in [-0.39, 0.29) is 0 Å². The maximum absolute atomic E-state index is 12.5. The molecule has 5 aromatic rings. The fourth-order valence-corrected chi connectivity index (χ4v) is 4.13. The molecular formula is C23H14BrN3O2S. The minimum Gasteiger partial charge on any atom is -0.422 e. The number of halogens is 1. The van der Waals surface area contributed by atoms with Gasteiger partial charge in [-0.15, -0.1) is 11.3 Å². The summed E-state index contributed by atoms with van der Waals surface area (Å²) in [5.41, 5.74) is 5.03. The highest BCUT2D eigenvalue weighted by Crippen LogP contribution is 2.29. The predicted octanol–water partition coefficient (Wildman–Crippen LogP) is 6.28. The van der Waals surface area contributed by atoms with Gasteiger partial charge >= 0.3 is 5.63 Å². The Balaban J connectivity index is 1.46. The first-order valence-corrected chi connectivity index (χ1v) is 10.8. The van der Waals surface area contributed by atoms with Gasteiger partial charge < -0.3 is 4.42 Å². The summed E-state index contributed by atoms with van der Waals surface area (Å²) in [5, 5.41) is 9.64. The predicted molar refractivity (Wildman–Crippen MR) is 126 cm³/mol. The number of hydrogen-bond acceptors (Lipinski definition) is 6. The highest BCUT2D eigenvalue weighted by atomic mass is 79.9. The number of fused-ring (bicyclic) bond motifs is 3. The molecule has 3 aromatic carbocycles. The Hall–Kier alpha value is -3.29. The third-order valence-electron chi connectivity index (χ3n) is 4.67. The van der Waals surface area contributed by atoms with Crippen molar-refractivity contribution < 1.29 is 4.42 Å². The molecule has 0 fully saturated rings. The number of hydrogen-bond donors (Lipinski definition) is 1. The smallest absolute Gasteiger partial charge is 0.345 e. The standard InChI is InChI=1S/C23H14BrN3O2S/c24-16-8-5-14(6-9-16)12-25-27-23-26-20(13-30-23)19-11-18-17-4-2-1-3-15(17)7-10-21(18)29-22(19)28/h1-13H,(H,26,27)/b25-12-. The van der Waals surface area contributed by atoms with Crippen molar-refractivity contribution in [3.8, 4) is 11.3 Å². The van der Waals surface area contributed by atoms with Crippen LogP contribution in [0.5, 0.6) is 0 Å². The van der Waals surface area contributed by atoms with E-state index in [2.05, 4.69) is 31.4 Å². The third-order valence-corrected chi connectivity index (χ3v) is 5.94.